The van der Waals surface area contributed by atoms with Crippen LogP contribution in [-0.4, -0.2) is 28.2 Å². The molecule has 1 aliphatic rings. The smallest absolute Gasteiger partial charge is 0.228 e. The summed E-state index contributed by atoms with van der Waals surface area (Å²) in [5.41, 5.74) is 0.749. The number of amides is 1. The Morgan fingerprint density at radius 1 is 1.32 bits per heavy atom. The number of fused-ring (bicyclic) bond motifs is 1. The Morgan fingerprint density at radius 3 is 2.77 bits per heavy atom. The first kappa shape index (κ1) is 15.1. The van der Waals surface area contributed by atoms with E-state index >= 15 is 0 Å². The number of hydrogen-bond acceptors (Lipinski definition) is 5. The highest BCUT2D eigenvalue weighted by atomic mass is 32.1. The Kier molecular flexibility index (Phi) is 3.72. The molecule has 0 radical (unpaired) electrons. The molecule has 1 aliphatic heterocycles. The van der Waals surface area contributed by atoms with E-state index in [1.807, 2.05) is 26.2 Å². The predicted octanol–water partition coefficient (Wildman–Crippen LogP) is 3.44. The lowest BCUT2D eigenvalue weighted by Gasteiger charge is -2.25. The fourth-order valence-corrected chi connectivity index (χ4v) is 3.37. The number of piperidine rings is 1. The third-order valence-electron chi connectivity index (χ3n) is 3.80. The number of anilines is 1. The topological polar surface area (TPSA) is 63.2 Å². The molecule has 22 heavy (non-hydrogen) atoms. The molecule has 1 fully saturated rings. The average molecular weight is 317 g/mol. The van der Waals surface area contributed by atoms with Crippen LogP contribution in [0.4, 0.5) is 5.82 Å². The van der Waals surface area contributed by atoms with Crippen LogP contribution in [0.3, 0.4) is 0 Å². The predicted molar refractivity (Wildman–Crippen MR) is 87.4 cm³/mol. The molecule has 2 aromatic heterocycles. The highest BCUT2D eigenvalue weighted by Gasteiger charge is 2.27. The third kappa shape index (κ3) is 2.63. The SMILES string of the molecule is CC(C)(C)C(=O)c1csc2ncc(N3CCCCC3=O)nc12. The summed E-state index contributed by atoms with van der Waals surface area (Å²) < 4.78 is 0. The minimum absolute atomic E-state index is 0.0511. The fourth-order valence-electron chi connectivity index (χ4n) is 2.54. The second kappa shape index (κ2) is 5.43. The third-order valence-corrected chi connectivity index (χ3v) is 4.67. The lowest BCUT2D eigenvalue weighted by Crippen LogP contribution is -2.35. The van der Waals surface area contributed by atoms with E-state index in [2.05, 4.69) is 9.97 Å². The number of Topliss-reactive ketones (excluding diaryl/α,β-unsaturated/α-hetero) is 1. The van der Waals surface area contributed by atoms with E-state index in [4.69, 9.17) is 0 Å². The minimum atomic E-state index is -0.466. The van der Waals surface area contributed by atoms with E-state index in [1.165, 1.54) is 11.3 Å². The van der Waals surface area contributed by atoms with Gasteiger partial charge in [-0.3, -0.25) is 14.5 Å². The van der Waals surface area contributed by atoms with Crippen LogP contribution in [-0.2, 0) is 4.79 Å². The summed E-state index contributed by atoms with van der Waals surface area (Å²) in [5.74, 6) is 0.688. The summed E-state index contributed by atoms with van der Waals surface area (Å²) in [6.45, 7) is 6.35. The number of rotatable bonds is 2. The lowest BCUT2D eigenvalue weighted by atomic mass is 9.87. The van der Waals surface area contributed by atoms with Crippen LogP contribution in [0.25, 0.3) is 10.3 Å². The molecule has 0 N–H and O–H groups in total. The molecule has 3 rings (SSSR count). The second-order valence-electron chi connectivity index (χ2n) is 6.61. The quantitative estimate of drug-likeness (QED) is 0.796. The van der Waals surface area contributed by atoms with Gasteiger partial charge in [0.25, 0.3) is 0 Å². The van der Waals surface area contributed by atoms with Gasteiger partial charge in [0.2, 0.25) is 5.91 Å². The molecule has 0 unspecified atom stereocenters. The van der Waals surface area contributed by atoms with Gasteiger partial charge < -0.3 is 0 Å². The summed E-state index contributed by atoms with van der Waals surface area (Å²) in [4.78, 5) is 36.0. The summed E-state index contributed by atoms with van der Waals surface area (Å²) in [5, 5.41) is 1.82. The van der Waals surface area contributed by atoms with Crippen LogP contribution >= 0.6 is 11.3 Å². The van der Waals surface area contributed by atoms with Gasteiger partial charge in [-0.15, -0.1) is 11.3 Å². The highest BCUT2D eigenvalue weighted by molar-refractivity contribution is 7.17. The zero-order valence-electron chi connectivity index (χ0n) is 13.0. The van der Waals surface area contributed by atoms with Crippen molar-refractivity contribution < 1.29 is 9.59 Å². The van der Waals surface area contributed by atoms with Gasteiger partial charge in [-0.05, 0) is 12.8 Å². The maximum absolute atomic E-state index is 12.6. The van der Waals surface area contributed by atoms with Crippen molar-refractivity contribution in [3.8, 4) is 0 Å². The monoisotopic (exact) mass is 317 g/mol. The first-order valence-corrected chi connectivity index (χ1v) is 8.35. The number of ketones is 1. The Hall–Kier alpha value is -1.82. The molecular weight excluding hydrogens is 298 g/mol. The highest BCUT2D eigenvalue weighted by Crippen LogP contribution is 2.30. The van der Waals surface area contributed by atoms with Crippen LogP contribution in [0.2, 0.25) is 0 Å². The number of carbonyl (C=O) groups excluding carboxylic acids is 2. The molecule has 0 atom stereocenters. The number of thiophene rings is 1. The summed E-state index contributed by atoms with van der Waals surface area (Å²) in [6, 6.07) is 0. The first-order valence-electron chi connectivity index (χ1n) is 7.47. The molecule has 1 amide bonds. The van der Waals surface area contributed by atoms with Crippen molar-refractivity contribution in [3.63, 3.8) is 0 Å². The van der Waals surface area contributed by atoms with Crippen molar-refractivity contribution in [3.05, 3.63) is 17.1 Å². The van der Waals surface area contributed by atoms with Gasteiger partial charge in [0.1, 0.15) is 10.3 Å². The summed E-state index contributed by atoms with van der Waals surface area (Å²) in [7, 11) is 0. The van der Waals surface area contributed by atoms with Gasteiger partial charge in [-0.2, -0.15) is 0 Å². The molecule has 0 spiro atoms. The van der Waals surface area contributed by atoms with E-state index in [9.17, 15) is 9.59 Å². The van der Waals surface area contributed by atoms with Crippen LogP contribution in [0.5, 0.6) is 0 Å². The lowest BCUT2D eigenvalue weighted by molar-refractivity contribution is -0.119. The van der Waals surface area contributed by atoms with Gasteiger partial charge in [0.15, 0.2) is 11.6 Å². The molecule has 116 valence electrons. The zero-order chi connectivity index (χ0) is 15.9. The molecule has 1 saturated heterocycles. The molecule has 0 aromatic carbocycles. The Morgan fingerprint density at radius 2 is 2.09 bits per heavy atom. The Bertz CT molecular complexity index is 745. The molecule has 6 heteroatoms. The molecule has 5 nitrogen and oxygen atoms in total. The van der Waals surface area contributed by atoms with Crippen LogP contribution in [0, 0.1) is 5.41 Å². The molecule has 2 aromatic rings. The van der Waals surface area contributed by atoms with Crippen LogP contribution < -0.4 is 4.90 Å². The van der Waals surface area contributed by atoms with E-state index in [-0.39, 0.29) is 11.7 Å². The van der Waals surface area contributed by atoms with Gasteiger partial charge in [-0.25, -0.2) is 9.97 Å². The Balaban J connectivity index is 2.05. The molecular formula is C16H19N3O2S. The van der Waals surface area contributed by atoms with Crippen molar-refractivity contribution >= 4 is 39.2 Å². The molecule has 0 aliphatic carbocycles. The van der Waals surface area contributed by atoms with Crippen molar-refractivity contribution in [1.82, 2.24) is 9.97 Å². The van der Waals surface area contributed by atoms with Crippen LogP contribution in [0.1, 0.15) is 50.4 Å². The van der Waals surface area contributed by atoms with Crippen LogP contribution in [0.15, 0.2) is 11.6 Å². The maximum atomic E-state index is 12.6. The Labute approximate surface area is 133 Å². The van der Waals surface area contributed by atoms with E-state index in [0.717, 1.165) is 17.7 Å². The van der Waals surface area contributed by atoms with Crippen molar-refractivity contribution in [2.75, 3.05) is 11.4 Å². The minimum Gasteiger partial charge on any atom is -0.296 e. The molecule has 3 heterocycles. The number of nitrogens with zero attached hydrogens (tertiary/aromatic N) is 3. The normalized spacial score (nSPS) is 16.3. The number of aromatic nitrogens is 2. The number of carbonyl (C=O) groups is 2. The first-order chi connectivity index (χ1) is 10.4. The molecule has 0 bridgehead atoms. The fraction of sp³-hybridized carbons (Fsp3) is 0.500. The zero-order valence-corrected chi connectivity index (χ0v) is 13.9. The van der Waals surface area contributed by atoms with Crippen molar-refractivity contribution in [1.29, 1.82) is 0 Å². The summed E-state index contributed by atoms with van der Waals surface area (Å²) >= 11 is 1.42. The van der Waals surface area contributed by atoms with Gasteiger partial charge in [0.05, 0.1) is 11.8 Å². The van der Waals surface area contributed by atoms with E-state index < -0.39 is 5.41 Å². The van der Waals surface area contributed by atoms with E-state index in [0.29, 0.717) is 29.9 Å². The van der Waals surface area contributed by atoms with Gasteiger partial charge >= 0.3 is 0 Å². The summed E-state index contributed by atoms with van der Waals surface area (Å²) in [6.07, 6.45) is 4.09. The van der Waals surface area contributed by atoms with Gasteiger partial charge in [-0.1, -0.05) is 20.8 Å². The largest absolute Gasteiger partial charge is 0.296 e. The van der Waals surface area contributed by atoms with Crippen molar-refractivity contribution in [2.24, 2.45) is 5.41 Å². The number of hydrogen-bond donors (Lipinski definition) is 0. The van der Waals surface area contributed by atoms with E-state index in [1.54, 1.807) is 11.1 Å². The van der Waals surface area contributed by atoms with Crippen molar-refractivity contribution in [2.45, 2.75) is 40.0 Å². The van der Waals surface area contributed by atoms with Gasteiger partial charge in [0, 0.05) is 23.8 Å². The molecule has 0 saturated carbocycles. The standard InChI is InChI=1S/C16H19N3O2S/c1-16(2,3)14(21)10-9-22-15-13(10)18-11(8-17-15)19-7-5-4-6-12(19)20/h8-9H,4-7H2,1-3H3. The second-order valence-corrected chi connectivity index (χ2v) is 7.47. The average Bonchev–Trinajstić information content (AvgIpc) is 2.88. The maximum Gasteiger partial charge on any atom is 0.228 e.